The number of hydrogen-bond acceptors (Lipinski definition) is 4. The first-order valence-electron chi connectivity index (χ1n) is 12.5. The Balaban J connectivity index is 1.42. The lowest BCUT2D eigenvalue weighted by Gasteiger charge is -2.30. The van der Waals surface area contributed by atoms with Gasteiger partial charge in [0.15, 0.2) is 0 Å². The van der Waals surface area contributed by atoms with Crippen molar-refractivity contribution in [2.45, 2.75) is 71.0 Å². The van der Waals surface area contributed by atoms with E-state index in [1.807, 2.05) is 31.2 Å². The monoisotopic (exact) mass is 475 g/mol. The van der Waals surface area contributed by atoms with Crippen LogP contribution in [0.15, 0.2) is 48.5 Å². The molecule has 1 atom stereocenters. The first-order valence-corrected chi connectivity index (χ1v) is 12.5. The molecule has 1 fully saturated rings. The summed E-state index contributed by atoms with van der Waals surface area (Å²) in [6.45, 7) is 4.25. The molecule has 4 amide bonds. The molecule has 0 spiro atoms. The van der Waals surface area contributed by atoms with E-state index in [2.05, 4.69) is 5.32 Å². The second kappa shape index (κ2) is 10.8. The Morgan fingerprint density at radius 3 is 2.23 bits per heavy atom. The van der Waals surface area contributed by atoms with Crippen molar-refractivity contribution < 1.29 is 19.2 Å². The third-order valence-corrected chi connectivity index (χ3v) is 7.12. The largest absolute Gasteiger partial charge is 0.352 e. The summed E-state index contributed by atoms with van der Waals surface area (Å²) in [5, 5.41) is 3.11. The number of amides is 4. The van der Waals surface area contributed by atoms with E-state index >= 15 is 0 Å². The molecule has 7 heteroatoms. The zero-order valence-corrected chi connectivity index (χ0v) is 20.5. The summed E-state index contributed by atoms with van der Waals surface area (Å²) in [6, 6.07) is 14.2. The van der Waals surface area contributed by atoms with Crippen LogP contribution < -0.4 is 5.32 Å². The third-order valence-electron chi connectivity index (χ3n) is 7.12. The predicted molar refractivity (Wildman–Crippen MR) is 133 cm³/mol. The van der Waals surface area contributed by atoms with E-state index in [0.29, 0.717) is 24.1 Å². The molecule has 2 aliphatic rings. The Hall–Kier alpha value is -3.48. The topological polar surface area (TPSA) is 86.8 Å². The first-order chi connectivity index (χ1) is 16.9. The number of benzene rings is 2. The summed E-state index contributed by atoms with van der Waals surface area (Å²) >= 11 is 0. The minimum Gasteiger partial charge on any atom is -0.352 e. The maximum atomic E-state index is 13.4. The normalized spacial score (nSPS) is 16.3. The van der Waals surface area contributed by atoms with Gasteiger partial charge >= 0.3 is 0 Å². The van der Waals surface area contributed by atoms with E-state index in [1.54, 1.807) is 36.1 Å². The summed E-state index contributed by atoms with van der Waals surface area (Å²) < 4.78 is 0. The van der Waals surface area contributed by atoms with E-state index in [-0.39, 0.29) is 42.6 Å². The lowest BCUT2D eigenvalue weighted by atomic mass is 10.1. The van der Waals surface area contributed by atoms with Gasteiger partial charge in [-0.1, -0.05) is 49.2 Å². The van der Waals surface area contributed by atoms with Gasteiger partial charge in [-0.2, -0.15) is 0 Å². The Morgan fingerprint density at radius 2 is 1.60 bits per heavy atom. The van der Waals surface area contributed by atoms with Crippen LogP contribution in [0.1, 0.15) is 77.3 Å². The van der Waals surface area contributed by atoms with Gasteiger partial charge in [-0.05, 0) is 56.4 Å². The average Bonchev–Trinajstić information content (AvgIpc) is 3.45. The van der Waals surface area contributed by atoms with Gasteiger partial charge in [-0.15, -0.1) is 0 Å². The Kier molecular flexibility index (Phi) is 7.63. The summed E-state index contributed by atoms with van der Waals surface area (Å²) in [4.78, 5) is 54.4. The van der Waals surface area contributed by atoms with Gasteiger partial charge in [0.1, 0.15) is 6.04 Å². The van der Waals surface area contributed by atoms with Crippen LogP contribution in [0.25, 0.3) is 0 Å². The number of carbonyl (C=O) groups excluding carboxylic acids is 4. The van der Waals surface area contributed by atoms with E-state index in [0.717, 1.165) is 36.8 Å². The van der Waals surface area contributed by atoms with Gasteiger partial charge in [-0.3, -0.25) is 24.1 Å². The first kappa shape index (κ1) is 24.6. The van der Waals surface area contributed by atoms with Gasteiger partial charge in [0.2, 0.25) is 11.8 Å². The molecule has 0 saturated heterocycles. The molecule has 0 unspecified atom stereocenters. The number of imide groups is 1. The molecule has 1 heterocycles. The van der Waals surface area contributed by atoms with Crippen LogP contribution in [0.3, 0.4) is 0 Å². The number of carbonyl (C=O) groups is 4. The van der Waals surface area contributed by atoms with Crippen molar-refractivity contribution in [3.05, 3.63) is 70.8 Å². The van der Waals surface area contributed by atoms with Crippen LogP contribution in [0.5, 0.6) is 0 Å². The standard InChI is InChI=1S/C28H33N3O4/c1-19-10-3-4-11-21(19)18-31(20(2)26(33)29-22-12-5-6-13-22)25(32)16-9-17-30-27(34)23-14-7-8-15-24(23)28(30)35/h3-4,7-8,10-11,14-15,20,22H,5-6,9,12-13,16-18H2,1-2H3,(H,29,33)/t20-/m0/s1. The van der Waals surface area contributed by atoms with Gasteiger partial charge in [-0.25, -0.2) is 0 Å². The van der Waals surface area contributed by atoms with Crippen LogP contribution >= 0.6 is 0 Å². The summed E-state index contributed by atoms with van der Waals surface area (Å²) in [6.07, 6.45) is 4.66. The molecule has 0 bridgehead atoms. The highest BCUT2D eigenvalue weighted by molar-refractivity contribution is 6.21. The van der Waals surface area contributed by atoms with Crippen LogP contribution in [0, 0.1) is 6.92 Å². The molecule has 0 aromatic heterocycles. The second-order valence-corrected chi connectivity index (χ2v) is 9.53. The molecular weight excluding hydrogens is 442 g/mol. The van der Waals surface area contributed by atoms with Crippen LogP contribution in [-0.2, 0) is 16.1 Å². The lowest BCUT2D eigenvalue weighted by Crippen LogP contribution is -2.49. The Morgan fingerprint density at radius 1 is 1.00 bits per heavy atom. The summed E-state index contributed by atoms with van der Waals surface area (Å²) in [5.74, 6) is -0.948. The van der Waals surface area contributed by atoms with Crippen molar-refractivity contribution in [1.29, 1.82) is 0 Å². The molecule has 1 aliphatic heterocycles. The molecule has 1 N–H and O–H groups in total. The fourth-order valence-corrected chi connectivity index (χ4v) is 4.92. The molecule has 7 nitrogen and oxygen atoms in total. The molecule has 2 aromatic carbocycles. The second-order valence-electron chi connectivity index (χ2n) is 9.53. The Bertz CT molecular complexity index is 1090. The molecule has 1 saturated carbocycles. The highest BCUT2D eigenvalue weighted by Gasteiger charge is 2.35. The molecule has 1 aliphatic carbocycles. The number of hydrogen-bond donors (Lipinski definition) is 1. The van der Waals surface area contributed by atoms with Crippen molar-refractivity contribution in [2.75, 3.05) is 6.54 Å². The van der Waals surface area contributed by atoms with Gasteiger partial charge in [0.25, 0.3) is 11.8 Å². The molecule has 35 heavy (non-hydrogen) atoms. The highest BCUT2D eigenvalue weighted by atomic mass is 16.2. The summed E-state index contributed by atoms with van der Waals surface area (Å²) in [5.41, 5.74) is 2.85. The zero-order chi connectivity index (χ0) is 24.9. The molecule has 4 rings (SSSR count). The van der Waals surface area contributed by atoms with Crippen LogP contribution in [0.4, 0.5) is 0 Å². The fraction of sp³-hybridized carbons (Fsp3) is 0.429. The number of fused-ring (bicyclic) bond motifs is 1. The molecule has 2 aromatic rings. The lowest BCUT2D eigenvalue weighted by molar-refractivity contribution is -0.141. The average molecular weight is 476 g/mol. The number of nitrogens with one attached hydrogen (secondary N) is 1. The number of rotatable bonds is 9. The van der Waals surface area contributed by atoms with E-state index in [4.69, 9.17) is 0 Å². The van der Waals surface area contributed by atoms with Crippen molar-refractivity contribution in [3.8, 4) is 0 Å². The molecular formula is C28H33N3O4. The van der Waals surface area contributed by atoms with Crippen molar-refractivity contribution in [2.24, 2.45) is 0 Å². The Labute approximate surface area is 206 Å². The van der Waals surface area contributed by atoms with Crippen LogP contribution in [0.2, 0.25) is 0 Å². The zero-order valence-electron chi connectivity index (χ0n) is 20.5. The van der Waals surface area contributed by atoms with E-state index in [9.17, 15) is 19.2 Å². The minimum absolute atomic E-state index is 0.139. The van der Waals surface area contributed by atoms with Crippen molar-refractivity contribution in [3.63, 3.8) is 0 Å². The smallest absolute Gasteiger partial charge is 0.261 e. The quantitative estimate of drug-likeness (QED) is 0.558. The van der Waals surface area contributed by atoms with Gasteiger partial charge in [0, 0.05) is 25.6 Å². The highest BCUT2D eigenvalue weighted by Crippen LogP contribution is 2.23. The maximum absolute atomic E-state index is 13.4. The molecule has 184 valence electrons. The molecule has 0 radical (unpaired) electrons. The van der Waals surface area contributed by atoms with Gasteiger partial charge in [0.05, 0.1) is 11.1 Å². The van der Waals surface area contributed by atoms with E-state index < -0.39 is 6.04 Å². The van der Waals surface area contributed by atoms with Gasteiger partial charge < -0.3 is 10.2 Å². The number of nitrogens with zero attached hydrogens (tertiary/aromatic N) is 2. The number of aryl methyl sites for hydroxylation is 1. The summed E-state index contributed by atoms with van der Waals surface area (Å²) in [7, 11) is 0. The third kappa shape index (κ3) is 5.45. The van der Waals surface area contributed by atoms with E-state index in [1.165, 1.54) is 4.90 Å². The fourth-order valence-electron chi connectivity index (χ4n) is 4.92. The maximum Gasteiger partial charge on any atom is 0.261 e. The van der Waals surface area contributed by atoms with Crippen molar-refractivity contribution in [1.82, 2.24) is 15.1 Å². The predicted octanol–water partition coefficient (Wildman–Crippen LogP) is 3.85. The van der Waals surface area contributed by atoms with Crippen molar-refractivity contribution >= 4 is 23.6 Å². The van der Waals surface area contributed by atoms with Crippen LogP contribution in [-0.4, -0.2) is 52.1 Å². The minimum atomic E-state index is -0.623. The SMILES string of the molecule is Cc1ccccc1CN(C(=O)CCCN1C(=O)c2ccccc2C1=O)[C@@H](C)C(=O)NC1CCCC1.